The van der Waals surface area contributed by atoms with Gasteiger partial charge in [0.1, 0.15) is 5.00 Å². The second kappa shape index (κ2) is 8.97. The molecule has 4 nitrogen and oxygen atoms in total. The summed E-state index contributed by atoms with van der Waals surface area (Å²) >= 11 is 25.1. The van der Waals surface area contributed by atoms with Crippen molar-refractivity contribution in [1.29, 1.82) is 0 Å². The third kappa shape index (κ3) is 4.69. The number of esters is 1. The lowest BCUT2D eigenvalue weighted by molar-refractivity contribution is 0.0601. The highest BCUT2D eigenvalue weighted by atomic mass is 35.5. The molecule has 2 N–H and O–H groups in total. The predicted molar refractivity (Wildman–Crippen MR) is 118 cm³/mol. The van der Waals surface area contributed by atoms with Gasteiger partial charge in [0, 0.05) is 4.88 Å². The average molecular weight is 464 g/mol. The summed E-state index contributed by atoms with van der Waals surface area (Å²) in [5.41, 5.74) is 2.17. The van der Waals surface area contributed by atoms with E-state index < -0.39 is 0 Å². The molecule has 0 radical (unpaired) electrons. The van der Waals surface area contributed by atoms with Gasteiger partial charge in [-0.2, -0.15) is 0 Å². The molecular weight excluding hydrogens is 447 g/mol. The summed E-state index contributed by atoms with van der Waals surface area (Å²) < 4.78 is 5.00. The second-order valence-corrected chi connectivity index (χ2v) is 8.82. The topological polar surface area (TPSA) is 50.4 Å². The number of anilines is 2. The number of halogens is 3. The predicted octanol–water partition coefficient (Wildman–Crippen LogP) is 6.57. The maximum atomic E-state index is 12.4. The third-order valence-corrected chi connectivity index (χ3v) is 6.74. The average Bonchev–Trinajstić information content (AvgIpc) is 2.79. The van der Waals surface area contributed by atoms with Gasteiger partial charge in [0.05, 0.1) is 33.4 Å². The van der Waals surface area contributed by atoms with Crippen LogP contribution in [0.15, 0.2) is 12.1 Å². The summed E-state index contributed by atoms with van der Waals surface area (Å²) in [5.74, 6) is -0.354. The van der Waals surface area contributed by atoms with Crippen molar-refractivity contribution in [3.05, 3.63) is 43.2 Å². The van der Waals surface area contributed by atoms with Crippen molar-refractivity contribution in [1.82, 2.24) is 0 Å². The molecular formula is C18H17Cl3N2O2S2. The molecule has 9 heteroatoms. The van der Waals surface area contributed by atoms with Gasteiger partial charge in [0.25, 0.3) is 0 Å². The van der Waals surface area contributed by atoms with E-state index in [1.165, 1.54) is 18.4 Å². The van der Waals surface area contributed by atoms with Gasteiger partial charge >= 0.3 is 5.97 Å². The van der Waals surface area contributed by atoms with Gasteiger partial charge in [-0.05, 0) is 55.6 Å². The van der Waals surface area contributed by atoms with E-state index >= 15 is 0 Å². The van der Waals surface area contributed by atoms with Crippen LogP contribution in [0.5, 0.6) is 0 Å². The number of benzene rings is 1. The van der Waals surface area contributed by atoms with Gasteiger partial charge in [-0.15, -0.1) is 11.3 Å². The van der Waals surface area contributed by atoms with Crippen molar-refractivity contribution in [3.8, 4) is 0 Å². The van der Waals surface area contributed by atoms with Crippen molar-refractivity contribution < 1.29 is 9.53 Å². The molecule has 1 aromatic heterocycles. The van der Waals surface area contributed by atoms with Gasteiger partial charge in [-0.3, -0.25) is 0 Å². The zero-order valence-corrected chi connectivity index (χ0v) is 18.4. The van der Waals surface area contributed by atoms with Crippen LogP contribution in [0.25, 0.3) is 0 Å². The number of carbonyl (C=O) groups excluding carboxylic acids is 1. The molecule has 144 valence electrons. The van der Waals surface area contributed by atoms with E-state index in [0.717, 1.165) is 31.2 Å². The fraction of sp³-hybridized carbons (Fsp3) is 0.333. The summed E-state index contributed by atoms with van der Waals surface area (Å²) in [4.78, 5) is 13.6. The Morgan fingerprint density at radius 3 is 2.52 bits per heavy atom. The minimum absolute atomic E-state index is 0.303. The molecule has 1 heterocycles. The number of carbonyl (C=O) groups is 1. The van der Waals surface area contributed by atoms with E-state index in [2.05, 4.69) is 10.6 Å². The van der Waals surface area contributed by atoms with Crippen LogP contribution in [0, 0.1) is 0 Å². The molecule has 1 aliphatic carbocycles. The van der Waals surface area contributed by atoms with Crippen molar-refractivity contribution in [3.63, 3.8) is 0 Å². The number of methoxy groups -OCH3 is 1. The quantitative estimate of drug-likeness (QED) is 0.233. The molecule has 2 aromatic rings. The Hall–Kier alpha value is -1.05. The molecule has 0 saturated carbocycles. The fourth-order valence-electron chi connectivity index (χ4n) is 3.02. The number of rotatable bonds is 3. The smallest absolute Gasteiger partial charge is 0.341 e. The number of fused-ring (bicyclic) bond motifs is 1. The Balaban J connectivity index is 1.86. The molecule has 0 unspecified atom stereocenters. The Morgan fingerprint density at radius 2 is 1.78 bits per heavy atom. The summed E-state index contributed by atoms with van der Waals surface area (Å²) in [5, 5.41) is 8.23. The lowest BCUT2D eigenvalue weighted by atomic mass is 10.1. The first kappa shape index (κ1) is 20.7. The third-order valence-electron chi connectivity index (χ3n) is 4.30. The minimum atomic E-state index is -0.354. The Labute approximate surface area is 182 Å². The molecule has 1 aliphatic rings. The van der Waals surface area contributed by atoms with E-state index in [1.54, 1.807) is 23.5 Å². The number of hydrogen-bond donors (Lipinski definition) is 2. The van der Waals surface area contributed by atoms with E-state index in [1.807, 2.05) is 0 Å². The Bertz CT molecular complexity index is 899. The first-order valence-corrected chi connectivity index (χ1v) is 10.7. The SMILES string of the molecule is COC(=O)c1c(NC(=S)Nc2cc(Cl)c(Cl)cc2Cl)sc2c1CCCCC2. The molecule has 0 saturated heterocycles. The zero-order valence-electron chi connectivity index (χ0n) is 14.5. The van der Waals surface area contributed by atoms with Crippen molar-refractivity contribution in [2.45, 2.75) is 32.1 Å². The van der Waals surface area contributed by atoms with Crippen LogP contribution in [0.2, 0.25) is 15.1 Å². The highest BCUT2D eigenvalue weighted by Gasteiger charge is 2.25. The molecule has 0 spiro atoms. The normalized spacial score (nSPS) is 13.5. The van der Waals surface area contributed by atoms with Crippen LogP contribution in [0.4, 0.5) is 10.7 Å². The van der Waals surface area contributed by atoms with Crippen LogP contribution < -0.4 is 10.6 Å². The number of thiophene rings is 1. The van der Waals surface area contributed by atoms with E-state index in [4.69, 9.17) is 51.8 Å². The van der Waals surface area contributed by atoms with Crippen molar-refractivity contribution in [2.75, 3.05) is 17.7 Å². The number of hydrogen-bond acceptors (Lipinski definition) is 4. The molecule has 0 atom stereocenters. The highest BCUT2D eigenvalue weighted by molar-refractivity contribution is 7.80. The van der Waals surface area contributed by atoms with Gasteiger partial charge in [-0.25, -0.2) is 4.79 Å². The maximum absolute atomic E-state index is 12.4. The summed E-state index contributed by atoms with van der Waals surface area (Å²) in [7, 11) is 1.39. The number of thiocarbonyl (C=S) groups is 1. The van der Waals surface area contributed by atoms with E-state index in [-0.39, 0.29) is 5.97 Å². The minimum Gasteiger partial charge on any atom is -0.465 e. The summed E-state index contributed by atoms with van der Waals surface area (Å²) in [6.07, 6.45) is 5.19. The largest absolute Gasteiger partial charge is 0.465 e. The molecule has 1 aromatic carbocycles. The Kier molecular flexibility index (Phi) is 6.87. The van der Waals surface area contributed by atoms with Crippen LogP contribution in [-0.2, 0) is 17.6 Å². The van der Waals surface area contributed by atoms with E-state index in [9.17, 15) is 4.79 Å². The van der Waals surface area contributed by atoms with Gasteiger partial charge in [-0.1, -0.05) is 41.2 Å². The first-order chi connectivity index (χ1) is 12.9. The maximum Gasteiger partial charge on any atom is 0.341 e. The lowest BCUT2D eigenvalue weighted by Crippen LogP contribution is -2.20. The van der Waals surface area contributed by atoms with Crippen LogP contribution >= 0.6 is 58.4 Å². The summed E-state index contributed by atoms with van der Waals surface area (Å²) in [6, 6.07) is 3.15. The van der Waals surface area contributed by atoms with E-state index in [0.29, 0.717) is 36.4 Å². The molecule has 0 fully saturated rings. The highest BCUT2D eigenvalue weighted by Crippen LogP contribution is 2.38. The lowest BCUT2D eigenvalue weighted by Gasteiger charge is -2.13. The molecule has 27 heavy (non-hydrogen) atoms. The fourth-order valence-corrected chi connectivity index (χ4v) is 5.18. The van der Waals surface area contributed by atoms with Gasteiger partial charge in [0.15, 0.2) is 5.11 Å². The second-order valence-electron chi connectivity index (χ2n) is 6.09. The number of nitrogens with one attached hydrogen (secondary N) is 2. The van der Waals surface area contributed by atoms with Gasteiger partial charge < -0.3 is 15.4 Å². The molecule has 0 bridgehead atoms. The summed E-state index contributed by atoms with van der Waals surface area (Å²) in [6.45, 7) is 0. The molecule has 3 rings (SSSR count). The van der Waals surface area contributed by atoms with Gasteiger partial charge in [0.2, 0.25) is 0 Å². The Morgan fingerprint density at radius 1 is 1.07 bits per heavy atom. The van der Waals surface area contributed by atoms with Crippen LogP contribution in [-0.4, -0.2) is 18.2 Å². The monoisotopic (exact) mass is 462 g/mol. The zero-order chi connectivity index (χ0) is 19.6. The first-order valence-electron chi connectivity index (χ1n) is 8.36. The van der Waals surface area contributed by atoms with Crippen molar-refractivity contribution in [2.24, 2.45) is 0 Å². The molecule has 0 amide bonds. The molecule has 0 aliphatic heterocycles. The van der Waals surface area contributed by atoms with Crippen LogP contribution in [0.1, 0.15) is 40.1 Å². The number of ether oxygens (including phenoxy) is 1. The standard InChI is InChI=1S/C18H17Cl3N2O2S2/c1-25-17(24)15-9-5-3-2-4-6-14(9)27-16(15)23-18(26)22-13-8-11(20)10(19)7-12(13)21/h7-8H,2-6H2,1H3,(H2,22,23,26). The van der Waals surface area contributed by atoms with Crippen molar-refractivity contribution >= 4 is 80.1 Å². The van der Waals surface area contributed by atoms with Crippen LogP contribution in [0.3, 0.4) is 0 Å². The number of aryl methyl sites for hydroxylation is 1.